The average molecular weight is 364 g/mol. The van der Waals surface area contributed by atoms with Crippen LogP contribution in [0.5, 0.6) is 0 Å². The molecule has 1 aromatic heterocycles. The summed E-state index contributed by atoms with van der Waals surface area (Å²) in [6, 6.07) is 6.08. The third kappa shape index (κ3) is 3.66. The van der Waals surface area contributed by atoms with E-state index in [0.29, 0.717) is 25.3 Å². The fourth-order valence-electron chi connectivity index (χ4n) is 2.83. The van der Waals surface area contributed by atoms with Gasteiger partial charge in [-0.3, -0.25) is 0 Å². The van der Waals surface area contributed by atoms with Gasteiger partial charge in [-0.1, -0.05) is 11.6 Å². The molecule has 0 unspecified atom stereocenters. The van der Waals surface area contributed by atoms with Gasteiger partial charge in [-0.15, -0.1) is 0 Å². The molecule has 0 spiro atoms. The summed E-state index contributed by atoms with van der Waals surface area (Å²) in [5.74, 6) is -0.301. The second-order valence-corrected chi connectivity index (χ2v) is 6.52. The van der Waals surface area contributed by atoms with Gasteiger partial charge in [0.1, 0.15) is 17.6 Å². The van der Waals surface area contributed by atoms with Crippen molar-refractivity contribution >= 4 is 23.3 Å². The number of hydrogen-bond donors (Lipinski definition) is 0. The number of anilines is 1. The lowest BCUT2D eigenvalue weighted by Gasteiger charge is -2.40. The number of nitrogens with zero attached hydrogens (tertiary/aromatic N) is 5. The maximum Gasteiger partial charge on any atom is 0.319 e. The monoisotopic (exact) mass is 363 g/mol. The Bertz CT molecular complexity index is 755. The predicted molar refractivity (Wildman–Crippen MR) is 95.1 cm³/mol. The smallest absolute Gasteiger partial charge is 0.319 e. The Balaban J connectivity index is 1.86. The Morgan fingerprint density at radius 1 is 1.28 bits per heavy atom. The Morgan fingerprint density at radius 3 is 2.64 bits per heavy atom. The number of carbonyl (C=O) groups is 1. The predicted octanol–water partition coefficient (Wildman–Crippen LogP) is 2.65. The first-order valence-electron chi connectivity index (χ1n) is 7.90. The molecule has 1 atom stereocenters. The van der Waals surface area contributed by atoms with Crippen LogP contribution in [0.25, 0.3) is 11.3 Å². The number of urea groups is 1. The van der Waals surface area contributed by atoms with Gasteiger partial charge in [-0.25, -0.2) is 19.2 Å². The number of carbonyl (C=O) groups excluding carboxylic acids is 1. The Labute approximate surface area is 150 Å². The molecule has 3 rings (SSSR count). The highest BCUT2D eigenvalue weighted by Crippen LogP contribution is 2.31. The Kier molecular flexibility index (Phi) is 5.03. The zero-order valence-corrected chi connectivity index (χ0v) is 14.8. The largest absolute Gasteiger partial charge is 0.349 e. The summed E-state index contributed by atoms with van der Waals surface area (Å²) in [6.45, 7) is 1.52. The van der Waals surface area contributed by atoms with Crippen LogP contribution in [0.2, 0.25) is 0 Å². The van der Waals surface area contributed by atoms with Crippen molar-refractivity contribution in [3.8, 4) is 11.3 Å². The summed E-state index contributed by atoms with van der Waals surface area (Å²) >= 11 is 6.54. The minimum atomic E-state index is -0.400. The van der Waals surface area contributed by atoms with E-state index < -0.39 is 5.50 Å². The van der Waals surface area contributed by atoms with Crippen molar-refractivity contribution in [1.82, 2.24) is 19.8 Å². The van der Waals surface area contributed by atoms with E-state index in [2.05, 4.69) is 9.97 Å². The third-order valence-electron chi connectivity index (χ3n) is 4.09. The van der Waals surface area contributed by atoms with Crippen LogP contribution in [0, 0.1) is 5.82 Å². The number of rotatable bonds is 2. The molecule has 0 N–H and O–H groups in total. The van der Waals surface area contributed by atoms with E-state index in [0.717, 1.165) is 11.3 Å². The van der Waals surface area contributed by atoms with Crippen molar-refractivity contribution in [2.75, 3.05) is 38.6 Å². The number of halogens is 2. The van der Waals surface area contributed by atoms with Crippen molar-refractivity contribution < 1.29 is 9.18 Å². The minimum Gasteiger partial charge on any atom is -0.349 e. The number of aromatic nitrogens is 2. The van der Waals surface area contributed by atoms with Gasteiger partial charge in [0.05, 0.1) is 24.1 Å². The van der Waals surface area contributed by atoms with Crippen LogP contribution in [0.4, 0.5) is 14.9 Å². The van der Waals surface area contributed by atoms with E-state index in [9.17, 15) is 9.18 Å². The molecule has 1 aromatic carbocycles. The number of hydrogen-bond acceptors (Lipinski definition) is 4. The summed E-state index contributed by atoms with van der Waals surface area (Å²) in [5.41, 5.74) is 1.84. The number of piperazine rings is 1. The molecule has 0 bridgehead atoms. The van der Waals surface area contributed by atoms with Crippen molar-refractivity contribution in [3.63, 3.8) is 0 Å². The molecule has 1 aliphatic rings. The molecular weight excluding hydrogens is 345 g/mol. The summed E-state index contributed by atoms with van der Waals surface area (Å²) < 4.78 is 13.2. The van der Waals surface area contributed by atoms with E-state index in [4.69, 9.17) is 11.6 Å². The summed E-state index contributed by atoms with van der Waals surface area (Å²) in [6.07, 6.45) is 3.15. The zero-order chi connectivity index (χ0) is 18.0. The van der Waals surface area contributed by atoms with Crippen LogP contribution in [-0.4, -0.2) is 65.0 Å². The van der Waals surface area contributed by atoms with Gasteiger partial charge in [0, 0.05) is 32.7 Å². The van der Waals surface area contributed by atoms with E-state index >= 15 is 0 Å². The fourth-order valence-corrected chi connectivity index (χ4v) is 3.20. The topological polar surface area (TPSA) is 52.6 Å². The molecule has 8 heteroatoms. The maximum atomic E-state index is 13.2. The molecule has 1 saturated heterocycles. The minimum absolute atomic E-state index is 0.0617. The van der Waals surface area contributed by atoms with Crippen molar-refractivity contribution in [3.05, 3.63) is 42.6 Å². The fraction of sp³-hybridized carbons (Fsp3) is 0.353. The second-order valence-electron chi connectivity index (χ2n) is 6.01. The summed E-state index contributed by atoms with van der Waals surface area (Å²) in [5, 5.41) is 0. The third-order valence-corrected chi connectivity index (χ3v) is 4.47. The highest BCUT2D eigenvalue weighted by Gasteiger charge is 2.30. The second kappa shape index (κ2) is 7.23. The lowest BCUT2D eigenvalue weighted by Crippen LogP contribution is -2.55. The SMILES string of the molecule is CN(C)C(=O)N1CCN(c2cncnc2-c2ccc(F)cc2)[C@@H](Cl)C1. The quantitative estimate of drug-likeness (QED) is 0.608. The van der Waals surface area contributed by atoms with E-state index in [1.54, 1.807) is 37.3 Å². The highest BCUT2D eigenvalue weighted by molar-refractivity contribution is 6.22. The summed E-state index contributed by atoms with van der Waals surface area (Å²) in [4.78, 5) is 25.8. The van der Waals surface area contributed by atoms with Gasteiger partial charge in [-0.2, -0.15) is 0 Å². The highest BCUT2D eigenvalue weighted by atomic mass is 35.5. The number of amides is 2. The van der Waals surface area contributed by atoms with Crippen molar-refractivity contribution in [2.45, 2.75) is 5.50 Å². The average Bonchev–Trinajstić information content (AvgIpc) is 2.61. The lowest BCUT2D eigenvalue weighted by atomic mass is 10.1. The number of alkyl halides is 1. The first kappa shape index (κ1) is 17.4. The molecule has 2 amide bonds. The molecule has 0 aliphatic carbocycles. The van der Waals surface area contributed by atoms with Crippen molar-refractivity contribution in [2.24, 2.45) is 0 Å². The van der Waals surface area contributed by atoms with Crippen LogP contribution >= 0.6 is 11.6 Å². The van der Waals surface area contributed by atoms with E-state index in [1.807, 2.05) is 4.90 Å². The Morgan fingerprint density at radius 2 is 2.00 bits per heavy atom. The molecule has 1 aliphatic heterocycles. The first-order chi connectivity index (χ1) is 12.0. The summed E-state index contributed by atoms with van der Waals surface area (Å²) in [7, 11) is 3.44. The van der Waals surface area contributed by atoms with Gasteiger partial charge in [-0.05, 0) is 24.3 Å². The molecule has 0 saturated carbocycles. The van der Waals surface area contributed by atoms with Crippen LogP contribution in [0.3, 0.4) is 0 Å². The van der Waals surface area contributed by atoms with E-state index in [-0.39, 0.29) is 11.8 Å². The Hall–Kier alpha value is -2.41. The molecule has 2 aromatic rings. The molecule has 132 valence electrons. The molecular formula is C17H19ClFN5O. The molecule has 6 nitrogen and oxygen atoms in total. The van der Waals surface area contributed by atoms with Crippen LogP contribution in [0.15, 0.2) is 36.8 Å². The van der Waals surface area contributed by atoms with Gasteiger partial charge >= 0.3 is 6.03 Å². The van der Waals surface area contributed by atoms with Gasteiger partial charge in [0.2, 0.25) is 0 Å². The van der Waals surface area contributed by atoms with Gasteiger partial charge in [0.15, 0.2) is 0 Å². The molecule has 0 radical (unpaired) electrons. The number of benzene rings is 1. The van der Waals surface area contributed by atoms with Crippen LogP contribution in [-0.2, 0) is 0 Å². The first-order valence-corrected chi connectivity index (χ1v) is 8.34. The zero-order valence-electron chi connectivity index (χ0n) is 14.1. The normalized spacial score (nSPS) is 17.5. The van der Waals surface area contributed by atoms with Gasteiger partial charge < -0.3 is 14.7 Å². The maximum absolute atomic E-state index is 13.2. The molecule has 1 fully saturated rings. The van der Waals surface area contributed by atoms with Crippen molar-refractivity contribution in [1.29, 1.82) is 0 Å². The standard InChI is InChI=1S/C17H19ClFN5O/c1-22(2)17(25)23-7-8-24(15(18)10-23)14-9-20-11-21-16(14)12-3-5-13(19)6-4-12/h3-6,9,11,15H,7-8,10H2,1-2H3/t15-/m1/s1. The van der Waals surface area contributed by atoms with Gasteiger partial charge in [0.25, 0.3) is 0 Å². The van der Waals surface area contributed by atoms with Crippen LogP contribution in [0.1, 0.15) is 0 Å². The molecule has 2 heterocycles. The van der Waals surface area contributed by atoms with E-state index in [1.165, 1.54) is 23.4 Å². The van der Waals surface area contributed by atoms with Crippen LogP contribution < -0.4 is 4.90 Å². The lowest BCUT2D eigenvalue weighted by molar-refractivity contribution is 0.165. The molecule has 25 heavy (non-hydrogen) atoms.